The van der Waals surface area contributed by atoms with Gasteiger partial charge in [0.05, 0.1) is 5.56 Å². The third kappa shape index (κ3) is 1.67. The first-order chi connectivity index (χ1) is 6.25. The molecule has 0 saturated heterocycles. The summed E-state index contributed by atoms with van der Waals surface area (Å²) >= 11 is 3.25. The van der Waals surface area contributed by atoms with Gasteiger partial charge in [0.15, 0.2) is 0 Å². The van der Waals surface area contributed by atoms with Gasteiger partial charge < -0.3 is 4.42 Å². The number of pyridine rings is 1. The number of hydrogen-bond donors (Lipinski definition) is 1. The van der Waals surface area contributed by atoms with E-state index < -0.39 is 5.76 Å². The molecular weight excluding hydrogens is 238 g/mol. The van der Waals surface area contributed by atoms with Gasteiger partial charge in [-0.25, -0.2) is 9.89 Å². The second-order valence-electron chi connectivity index (χ2n) is 2.31. The van der Waals surface area contributed by atoms with Gasteiger partial charge in [-0.3, -0.25) is 4.98 Å². The highest BCUT2D eigenvalue weighted by Crippen LogP contribution is 2.17. The molecule has 6 heteroatoms. The topological polar surface area (TPSA) is 71.8 Å². The molecule has 0 bridgehead atoms. The largest absolute Gasteiger partial charge is 0.434 e. The molecule has 0 aromatic carbocycles. The van der Waals surface area contributed by atoms with Crippen LogP contribution in [0.25, 0.3) is 11.5 Å². The number of H-pyrrole nitrogens is 1. The van der Waals surface area contributed by atoms with E-state index in [1.807, 2.05) is 0 Å². The van der Waals surface area contributed by atoms with Crippen molar-refractivity contribution in [2.45, 2.75) is 0 Å². The molecule has 0 radical (unpaired) electrons. The Labute approximate surface area is 80.9 Å². The summed E-state index contributed by atoms with van der Waals surface area (Å²) in [5, 5.41) is 5.83. The number of hydrogen-bond acceptors (Lipinski definition) is 4. The minimum Gasteiger partial charge on any atom is -0.388 e. The van der Waals surface area contributed by atoms with Gasteiger partial charge >= 0.3 is 5.76 Å². The van der Waals surface area contributed by atoms with Crippen molar-refractivity contribution in [1.29, 1.82) is 0 Å². The Balaban J connectivity index is 2.52. The minimum absolute atomic E-state index is 0.235. The highest BCUT2D eigenvalue weighted by atomic mass is 79.9. The van der Waals surface area contributed by atoms with E-state index in [0.717, 1.165) is 4.47 Å². The summed E-state index contributed by atoms with van der Waals surface area (Å²) in [6.45, 7) is 0. The van der Waals surface area contributed by atoms with Crippen molar-refractivity contribution in [1.82, 2.24) is 15.2 Å². The van der Waals surface area contributed by atoms with Crippen LogP contribution in [-0.4, -0.2) is 15.2 Å². The molecule has 0 fully saturated rings. The molecular formula is C7H4BrN3O2. The van der Waals surface area contributed by atoms with Crippen LogP contribution in [0.1, 0.15) is 0 Å². The van der Waals surface area contributed by atoms with Crippen molar-refractivity contribution in [2.24, 2.45) is 0 Å². The Morgan fingerprint density at radius 3 is 2.92 bits per heavy atom. The highest BCUT2D eigenvalue weighted by molar-refractivity contribution is 9.10. The van der Waals surface area contributed by atoms with Crippen LogP contribution in [0.3, 0.4) is 0 Å². The summed E-state index contributed by atoms with van der Waals surface area (Å²) in [6, 6.07) is 1.76. The van der Waals surface area contributed by atoms with Crippen molar-refractivity contribution in [2.75, 3.05) is 0 Å². The summed E-state index contributed by atoms with van der Waals surface area (Å²) in [4.78, 5) is 14.5. The molecule has 13 heavy (non-hydrogen) atoms. The van der Waals surface area contributed by atoms with Gasteiger partial charge in [-0.15, -0.1) is 5.10 Å². The average Bonchev–Trinajstić information content (AvgIpc) is 2.52. The fourth-order valence-electron chi connectivity index (χ4n) is 0.882. The van der Waals surface area contributed by atoms with E-state index in [2.05, 4.69) is 31.1 Å². The average molecular weight is 242 g/mol. The quantitative estimate of drug-likeness (QED) is 0.815. The first-order valence-electron chi connectivity index (χ1n) is 3.42. The fourth-order valence-corrected chi connectivity index (χ4v) is 1.25. The van der Waals surface area contributed by atoms with Crippen LogP contribution >= 0.6 is 15.9 Å². The van der Waals surface area contributed by atoms with E-state index in [-0.39, 0.29) is 5.89 Å². The smallest absolute Gasteiger partial charge is 0.388 e. The Kier molecular flexibility index (Phi) is 1.97. The lowest BCUT2D eigenvalue weighted by atomic mass is 10.3. The molecule has 2 aromatic rings. The number of nitrogens with one attached hydrogen (secondary N) is 1. The predicted octanol–water partition coefficient (Wildman–Crippen LogP) is 1.19. The molecule has 0 aliphatic rings. The van der Waals surface area contributed by atoms with Gasteiger partial charge in [0.1, 0.15) is 0 Å². The monoisotopic (exact) mass is 241 g/mol. The predicted molar refractivity (Wildman–Crippen MR) is 48.1 cm³/mol. The van der Waals surface area contributed by atoms with Crippen molar-refractivity contribution < 1.29 is 4.42 Å². The normalized spacial score (nSPS) is 10.2. The molecule has 0 spiro atoms. The molecule has 5 nitrogen and oxygen atoms in total. The number of aromatic nitrogens is 3. The van der Waals surface area contributed by atoms with Crippen LogP contribution in [0, 0.1) is 0 Å². The summed E-state index contributed by atoms with van der Waals surface area (Å²) in [5.74, 6) is -0.339. The number of rotatable bonds is 1. The van der Waals surface area contributed by atoms with Crippen LogP contribution in [0.4, 0.5) is 0 Å². The van der Waals surface area contributed by atoms with Crippen molar-refractivity contribution in [3.8, 4) is 11.5 Å². The first kappa shape index (κ1) is 8.18. The molecule has 0 aliphatic carbocycles. The van der Waals surface area contributed by atoms with E-state index >= 15 is 0 Å². The number of nitrogens with zero attached hydrogens (tertiary/aromatic N) is 2. The van der Waals surface area contributed by atoms with E-state index in [1.54, 1.807) is 18.5 Å². The second-order valence-corrected chi connectivity index (χ2v) is 3.23. The molecule has 66 valence electrons. The fraction of sp³-hybridized carbons (Fsp3) is 0. The highest BCUT2D eigenvalue weighted by Gasteiger charge is 2.04. The second kappa shape index (κ2) is 3.14. The van der Waals surface area contributed by atoms with Crippen molar-refractivity contribution in [3.63, 3.8) is 0 Å². The van der Waals surface area contributed by atoms with Gasteiger partial charge in [-0.2, -0.15) is 0 Å². The van der Waals surface area contributed by atoms with Crippen LogP contribution in [0.2, 0.25) is 0 Å². The third-order valence-corrected chi connectivity index (χ3v) is 1.82. The van der Waals surface area contributed by atoms with E-state index in [1.165, 1.54) is 0 Å². The van der Waals surface area contributed by atoms with Gasteiger partial charge in [-0.1, -0.05) is 0 Å². The zero-order valence-electron chi connectivity index (χ0n) is 6.32. The number of halogens is 1. The molecule has 2 aromatic heterocycles. The molecule has 0 aliphatic heterocycles. The third-order valence-electron chi connectivity index (χ3n) is 1.39. The Morgan fingerprint density at radius 2 is 2.31 bits per heavy atom. The summed E-state index contributed by atoms with van der Waals surface area (Å²) in [6.07, 6.45) is 3.19. The van der Waals surface area contributed by atoms with E-state index in [4.69, 9.17) is 4.42 Å². The first-order valence-corrected chi connectivity index (χ1v) is 4.21. The maximum atomic E-state index is 10.6. The maximum absolute atomic E-state index is 10.6. The zero-order chi connectivity index (χ0) is 9.26. The van der Waals surface area contributed by atoms with Crippen molar-refractivity contribution in [3.05, 3.63) is 33.5 Å². The zero-order valence-corrected chi connectivity index (χ0v) is 7.91. The Bertz CT molecular complexity index is 476. The molecule has 0 saturated carbocycles. The Morgan fingerprint density at radius 1 is 1.46 bits per heavy atom. The van der Waals surface area contributed by atoms with Crippen LogP contribution in [0.15, 0.2) is 32.1 Å². The van der Waals surface area contributed by atoms with Gasteiger partial charge in [0.25, 0.3) is 5.89 Å². The summed E-state index contributed by atoms with van der Waals surface area (Å²) in [7, 11) is 0. The lowest BCUT2D eigenvalue weighted by Crippen LogP contribution is -1.93. The molecule has 0 amide bonds. The van der Waals surface area contributed by atoms with Crippen molar-refractivity contribution >= 4 is 15.9 Å². The molecule has 0 unspecified atom stereocenters. The van der Waals surface area contributed by atoms with Crippen LogP contribution in [-0.2, 0) is 0 Å². The maximum Gasteiger partial charge on any atom is 0.434 e. The van der Waals surface area contributed by atoms with E-state index in [9.17, 15) is 4.79 Å². The number of aromatic amines is 1. The standard InChI is InChI=1S/C7H4BrN3O2/c8-5-1-4(2-9-3-5)6-10-11-7(12)13-6/h1-3H,(H,11,12). The summed E-state index contributed by atoms with van der Waals surface area (Å²) < 4.78 is 5.54. The lowest BCUT2D eigenvalue weighted by molar-refractivity contribution is 0.526. The molecule has 2 heterocycles. The summed E-state index contributed by atoms with van der Waals surface area (Å²) in [5.41, 5.74) is 0.646. The van der Waals surface area contributed by atoms with Gasteiger partial charge in [0.2, 0.25) is 0 Å². The molecule has 2 rings (SSSR count). The molecule has 1 N–H and O–H groups in total. The van der Waals surface area contributed by atoms with Gasteiger partial charge in [-0.05, 0) is 22.0 Å². The van der Waals surface area contributed by atoms with E-state index in [0.29, 0.717) is 5.56 Å². The van der Waals surface area contributed by atoms with Gasteiger partial charge in [0, 0.05) is 16.9 Å². The Hall–Kier alpha value is -1.43. The molecule has 0 atom stereocenters. The minimum atomic E-state index is -0.574. The lowest BCUT2D eigenvalue weighted by Gasteiger charge is -1.92. The van der Waals surface area contributed by atoms with Crippen LogP contribution in [0.5, 0.6) is 0 Å². The SMILES string of the molecule is O=c1[nH]nc(-c2cncc(Br)c2)o1. The van der Waals surface area contributed by atoms with Crippen LogP contribution < -0.4 is 5.76 Å².